The zero-order chi connectivity index (χ0) is 41.7. The second-order valence-corrected chi connectivity index (χ2v) is 16.0. The van der Waals surface area contributed by atoms with Crippen LogP contribution in [0.2, 0.25) is 5.02 Å². The van der Waals surface area contributed by atoms with Crippen molar-refractivity contribution in [1.29, 1.82) is 0 Å². The number of anilines is 1. The minimum absolute atomic E-state index is 0. The number of azo groups is 2. The Labute approximate surface area is 348 Å². The van der Waals surface area contributed by atoms with E-state index in [9.17, 15) is 41.7 Å². The van der Waals surface area contributed by atoms with Gasteiger partial charge in [0, 0.05) is 34.1 Å². The largest absolute Gasteiger partial charge is 1.00 e. The Morgan fingerprint density at radius 3 is 1.90 bits per heavy atom. The molecule has 5 aromatic carbocycles. The Kier molecular flexibility index (Phi) is 14.3. The van der Waals surface area contributed by atoms with Crippen molar-refractivity contribution in [2.24, 2.45) is 20.5 Å². The van der Waals surface area contributed by atoms with Crippen molar-refractivity contribution in [1.82, 2.24) is 19.2 Å². The third-order valence-corrected chi connectivity index (χ3v) is 11.0. The first-order valence-electron chi connectivity index (χ1n) is 16.4. The number of fused-ring (bicyclic) bond motifs is 1. The van der Waals surface area contributed by atoms with Gasteiger partial charge in [0.25, 0.3) is 0 Å². The van der Waals surface area contributed by atoms with E-state index in [-0.39, 0.29) is 73.9 Å². The van der Waals surface area contributed by atoms with Crippen molar-refractivity contribution in [3.63, 3.8) is 0 Å². The van der Waals surface area contributed by atoms with Crippen LogP contribution in [-0.2, 0) is 41.6 Å². The third kappa shape index (κ3) is 10.1. The van der Waals surface area contributed by atoms with Gasteiger partial charge in [0.2, 0.25) is 26.0 Å². The number of carbonyl (C=O) groups excluding carboxylic acids is 1. The second kappa shape index (κ2) is 18.5. The summed E-state index contributed by atoms with van der Waals surface area (Å²) in [6.07, 6.45) is 0. The van der Waals surface area contributed by atoms with Gasteiger partial charge in [-0.25, -0.2) is 36.1 Å². The summed E-state index contributed by atoms with van der Waals surface area (Å²) in [5.74, 6) is -1.07. The first-order chi connectivity index (χ1) is 26.9. The molecule has 0 bridgehead atoms. The summed E-state index contributed by atoms with van der Waals surface area (Å²) in [5, 5.41) is 54.4. The molecule has 0 unspecified atom stereocenters. The summed E-state index contributed by atoms with van der Waals surface area (Å²) in [5.41, 5.74) is 0.567. The van der Waals surface area contributed by atoms with Gasteiger partial charge in [0.05, 0.1) is 21.2 Å². The molecule has 1 aromatic heterocycles. The Morgan fingerprint density at radius 2 is 1.34 bits per heavy atom. The predicted molar refractivity (Wildman–Crippen MR) is 213 cm³/mol. The number of phenolic OH excluding ortho intramolecular Hbond substituents is 3. The van der Waals surface area contributed by atoms with Crippen LogP contribution >= 0.6 is 11.6 Å². The number of aromatic nitrogens is 2. The summed E-state index contributed by atoms with van der Waals surface area (Å²) >= 11 is 5.85. The molecular weight excluding hydrogens is 861 g/mol. The average Bonchev–Trinajstić information content (AvgIpc) is 3.46. The van der Waals surface area contributed by atoms with Crippen molar-refractivity contribution in [3.8, 4) is 22.9 Å². The third-order valence-electron chi connectivity index (χ3n) is 7.93. The minimum Gasteiger partial charge on any atom is -0.506 e. The molecule has 6 aromatic rings. The molecule has 22 heteroatoms. The zero-order valence-electron chi connectivity index (χ0n) is 31.7. The van der Waals surface area contributed by atoms with Crippen LogP contribution in [0.4, 0.5) is 28.4 Å². The molecule has 1 heterocycles. The number of rotatable bonds is 10. The zero-order valence-corrected chi connectivity index (χ0v) is 34.1. The van der Waals surface area contributed by atoms with Crippen molar-refractivity contribution >= 4 is 76.8 Å². The normalized spacial score (nSPS) is 11.7. The molecule has 18 nitrogen and oxygen atoms in total. The van der Waals surface area contributed by atoms with Gasteiger partial charge >= 0.3 is 1.43 Å². The fourth-order valence-electron chi connectivity index (χ4n) is 5.06. The van der Waals surface area contributed by atoms with E-state index >= 15 is 0 Å². The molecule has 0 aliphatic rings. The number of phenols is 3. The minimum atomic E-state index is -3.74. The maximum absolute atomic E-state index is 12.6. The van der Waals surface area contributed by atoms with Gasteiger partial charge in [-0.3, -0.25) is 4.79 Å². The fraction of sp³-hybridized carbons (Fsp3) is 0.111. The van der Waals surface area contributed by atoms with Crippen molar-refractivity contribution in [3.05, 3.63) is 112 Å². The van der Waals surface area contributed by atoms with Gasteiger partial charge in [0.1, 0.15) is 39.9 Å². The van der Waals surface area contributed by atoms with Gasteiger partial charge in [-0.05, 0) is 92.3 Å². The van der Waals surface area contributed by atoms with E-state index in [1.54, 1.807) is 55.5 Å². The SMILES string of the molecule is CNS(=O)(=O)c1ccc(O)c(N=N[c-]2c(C)nn(-c3ccc(Cl)cc3)c2=O)c1.CNS(=O)(=O)c1ccc(O)c(N=Nc2c(O)ccc3cccc(NC(C)=O)c23)c1.[Co].[H+]. The van der Waals surface area contributed by atoms with Crippen molar-refractivity contribution in [2.45, 2.75) is 23.6 Å². The number of nitrogens with zero attached hydrogens (tertiary/aromatic N) is 6. The standard InChI is InChI=1S/C19H18N4O5S.C17H15ClN5O4S.Co/c1-11(24)21-14-5-3-4-12-6-8-17(26)19(18(12)14)23-22-15-10-13(7-9-16(15)25)29(27,28)20-2;1-10-16(17(25)23(22-10)12-5-3-11(18)4-6-12)21-20-14-9-13(7-8-15(14)24)28(26,27)19-2;/h3-10,20,25-26H,1-2H3,(H,21,24);3-9,19,24H,1-2H3;/q;-1;/p+1. The smallest absolute Gasteiger partial charge is 0.506 e. The molecule has 1 radical (unpaired) electrons. The molecule has 0 saturated heterocycles. The van der Waals surface area contributed by atoms with Gasteiger partial charge < -0.3 is 30.5 Å². The van der Waals surface area contributed by atoms with Crippen molar-refractivity contribution in [2.75, 3.05) is 19.4 Å². The van der Waals surface area contributed by atoms with Crippen LogP contribution < -0.4 is 20.3 Å². The van der Waals surface area contributed by atoms with Crippen LogP contribution in [0.1, 0.15) is 14.0 Å². The Balaban J connectivity index is 0.000000305. The molecule has 0 aliphatic carbocycles. The Hall–Kier alpha value is -5.94. The van der Waals surface area contributed by atoms with Gasteiger partial charge in [-0.1, -0.05) is 42.4 Å². The van der Waals surface area contributed by atoms with E-state index < -0.39 is 25.6 Å². The number of nitrogens with one attached hydrogen (secondary N) is 3. The quantitative estimate of drug-likeness (QED) is 0.0635. The van der Waals surface area contributed by atoms with E-state index in [1.807, 2.05) is 0 Å². The average molecular weight is 895 g/mol. The molecule has 0 fully saturated rings. The topological polar surface area (TPSA) is 266 Å². The van der Waals surface area contributed by atoms with E-state index in [4.69, 9.17) is 11.6 Å². The molecular formula is C36H34ClCoN9O9S2. The first-order valence-corrected chi connectivity index (χ1v) is 19.7. The maximum atomic E-state index is 12.6. The number of carbonyl (C=O) groups is 1. The first kappa shape index (κ1) is 44.8. The van der Waals surface area contributed by atoms with E-state index in [1.165, 1.54) is 51.4 Å². The summed E-state index contributed by atoms with van der Waals surface area (Å²) in [7, 11) is -4.94. The Morgan fingerprint density at radius 1 is 0.793 bits per heavy atom. The van der Waals surface area contributed by atoms with Crippen LogP contribution in [0.3, 0.4) is 0 Å². The van der Waals surface area contributed by atoms with E-state index in [2.05, 4.69) is 40.3 Å². The number of halogens is 1. The number of benzene rings is 5. The Bertz CT molecular complexity index is 2860. The monoisotopic (exact) mass is 894 g/mol. The van der Waals surface area contributed by atoms with Crippen LogP contribution in [0.25, 0.3) is 16.5 Å². The number of amides is 1. The number of aromatic hydroxyl groups is 3. The summed E-state index contributed by atoms with van der Waals surface area (Å²) < 4.78 is 53.2. The summed E-state index contributed by atoms with van der Waals surface area (Å²) in [6, 6.07) is 21.9. The second-order valence-electron chi connectivity index (χ2n) is 11.8. The number of sulfonamides is 2. The molecule has 305 valence electrons. The van der Waals surface area contributed by atoms with Crippen LogP contribution in [0, 0.1) is 6.92 Å². The molecule has 0 saturated carbocycles. The fourth-order valence-corrected chi connectivity index (χ4v) is 6.68. The summed E-state index contributed by atoms with van der Waals surface area (Å²) in [6.45, 7) is 2.94. The van der Waals surface area contributed by atoms with Gasteiger partial charge in [-0.15, -0.1) is 15.9 Å². The summed E-state index contributed by atoms with van der Waals surface area (Å²) in [4.78, 5) is 23.9. The van der Waals surface area contributed by atoms with Crippen molar-refractivity contribution < 1.29 is 55.2 Å². The van der Waals surface area contributed by atoms with E-state index in [0.29, 0.717) is 32.9 Å². The molecule has 0 spiro atoms. The number of hydrogen-bond donors (Lipinski definition) is 6. The molecule has 1 amide bonds. The maximum Gasteiger partial charge on any atom is 1.00 e. The number of hydrogen-bond acceptors (Lipinski definition) is 14. The van der Waals surface area contributed by atoms with Crippen LogP contribution in [0.5, 0.6) is 17.2 Å². The molecule has 58 heavy (non-hydrogen) atoms. The van der Waals surface area contributed by atoms with Crippen LogP contribution in [-0.4, -0.2) is 61.9 Å². The molecule has 0 atom stereocenters. The number of aryl methyl sites for hydroxylation is 1. The van der Waals surface area contributed by atoms with E-state index in [0.717, 1.165) is 16.8 Å². The van der Waals surface area contributed by atoms with Crippen LogP contribution in [0.15, 0.2) is 126 Å². The van der Waals surface area contributed by atoms with Gasteiger partial charge in [-0.2, -0.15) is 5.11 Å². The molecule has 0 aliphatic heterocycles. The molecule has 6 N–H and O–H groups in total. The van der Waals surface area contributed by atoms with Gasteiger partial charge in [0.15, 0.2) is 0 Å². The molecule has 6 rings (SSSR count). The predicted octanol–water partition coefficient (Wildman–Crippen LogP) is 6.59.